The molecule has 1 heterocycles. The van der Waals surface area contributed by atoms with E-state index in [4.69, 9.17) is 20.3 Å². The lowest BCUT2D eigenvalue weighted by atomic mass is 10.2. The van der Waals surface area contributed by atoms with Gasteiger partial charge in [-0.25, -0.2) is 4.98 Å². The summed E-state index contributed by atoms with van der Waals surface area (Å²) in [5.41, 5.74) is 6.28. The van der Waals surface area contributed by atoms with Crippen LogP contribution in [0.3, 0.4) is 0 Å². The van der Waals surface area contributed by atoms with Gasteiger partial charge in [0, 0.05) is 17.1 Å². The molecular weight excluding hydrogens is 294 g/mol. The Kier molecular flexibility index (Phi) is 4.96. The van der Waals surface area contributed by atoms with Crippen molar-refractivity contribution in [3.05, 3.63) is 29.3 Å². The number of carbonyl (C=O) groups is 1. The monoisotopic (exact) mass is 309 g/mol. The van der Waals surface area contributed by atoms with Gasteiger partial charge in [0.15, 0.2) is 16.6 Å². The molecule has 1 amide bonds. The third-order valence-corrected chi connectivity index (χ3v) is 3.20. The molecule has 0 aliphatic carbocycles. The van der Waals surface area contributed by atoms with Crippen LogP contribution < -0.4 is 20.5 Å². The number of carbonyl (C=O) groups excluding carboxylic acids is 1. The predicted octanol–water partition coefficient (Wildman–Crippen LogP) is 1.36. The zero-order chi connectivity index (χ0) is 15.2. The average Bonchev–Trinajstić information content (AvgIpc) is 2.92. The molecule has 0 unspecified atom stereocenters. The van der Waals surface area contributed by atoms with Crippen molar-refractivity contribution in [1.82, 2.24) is 4.98 Å². The van der Waals surface area contributed by atoms with E-state index >= 15 is 0 Å². The lowest BCUT2D eigenvalue weighted by Gasteiger charge is -2.12. The Labute approximate surface area is 125 Å². The van der Waals surface area contributed by atoms with E-state index in [-0.39, 0.29) is 24.8 Å². The molecular formula is C13H15N3O4S. The second-order valence-electron chi connectivity index (χ2n) is 3.96. The van der Waals surface area contributed by atoms with Crippen LogP contribution in [0.5, 0.6) is 11.5 Å². The number of hydrogen-bond donors (Lipinski definition) is 3. The van der Waals surface area contributed by atoms with Crippen LogP contribution in [0.4, 0.5) is 10.8 Å². The Bertz CT molecular complexity index is 630. The minimum Gasteiger partial charge on any atom is -0.493 e. The highest BCUT2D eigenvalue weighted by Crippen LogP contribution is 2.30. The minimum absolute atomic E-state index is 0.113. The number of hydrogen-bond acceptors (Lipinski definition) is 7. The third-order valence-electron chi connectivity index (χ3n) is 2.52. The Morgan fingerprint density at radius 3 is 2.90 bits per heavy atom. The van der Waals surface area contributed by atoms with Crippen molar-refractivity contribution in [3.63, 3.8) is 0 Å². The minimum atomic E-state index is -0.360. The van der Waals surface area contributed by atoms with Crippen LogP contribution in [0.25, 0.3) is 0 Å². The molecule has 1 aromatic heterocycles. The number of nitrogens with zero attached hydrogens (tertiary/aromatic N) is 1. The molecule has 2 rings (SSSR count). The Morgan fingerprint density at radius 1 is 1.48 bits per heavy atom. The van der Waals surface area contributed by atoms with E-state index in [1.54, 1.807) is 23.6 Å². The van der Waals surface area contributed by atoms with E-state index in [1.165, 1.54) is 18.4 Å². The number of ether oxygens (including phenoxy) is 2. The number of anilines is 2. The van der Waals surface area contributed by atoms with Crippen molar-refractivity contribution in [2.75, 3.05) is 31.4 Å². The lowest BCUT2D eigenvalue weighted by Crippen LogP contribution is -2.12. The molecule has 0 saturated carbocycles. The second kappa shape index (κ2) is 6.91. The van der Waals surface area contributed by atoms with Gasteiger partial charge >= 0.3 is 0 Å². The van der Waals surface area contributed by atoms with Crippen LogP contribution in [-0.2, 0) is 0 Å². The van der Waals surface area contributed by atoms with Gasteiger partial charge < -0.3 is 25.6 Å². The first-order valence-corrected chi connectivity index (χ1v) is 6.96. The Morgan fingerprint density at radius 2 is 2.29 bits per heavy atom. The number of nitrogens with one attached hydrogen (secondary N) is 1. The summed E-state index contributed by atoms with van der Waals surface area (Å²) >= 11 is 1.20. The number of methoxy groups -OCH3 is 1. The lowest BCUT2D eigenvalue weighted by molar-refractivity contribution is 0.102. The number of rotatable bonds is 6. The summed E-state index contributed by atoms with van der Waals surface area (Å²) < 4.78 is 10.5. The fraction of sp³-hybridized carbons (Fsp3) is 0.231. The average molecular weight is 309 g/mol. The number of nitrogen functional groups attached to an aromatic ring is 1. The molecule has 21 heavy (non-hydrogen) atoms. The quantitative estimate of drug-likeness (QED) is 0.744. The highest BCUT2D eigenvalue weighted by molar-refractivity contribution is 7.13. The topological polar surface area (TPSA) is 107 Å². The molecule has 0 aliphatic rings. The summed E-state index contributed by atoms with van der Waals surface area (Å²) in [6, 6.07) is 4.96. The predicted molar refractivity (Wildman–Crippen MR) is 80.1 cm³/mol. The molecule has 7 nitrogen and oxygen atoms in total. The normalized spacial score (nSPS) is 10.2. The number of thiazole rings is 1. The van der Waals surface area contributed by atoms with Crippen molar-refractivity contribution >= 4 is 28.1 Å². The van der Waals surface area contributed by atoms with Gasteiger partial charge in [-0.15, -0.1) is 11.3 Å². The summed E-state index contributed by atoms with van der Waals surface area (Å²) in [4.78, 5) is 15.9. The van der Waals surface area contributed by atoms with Crippen molar-refractivity contribution in [2.24, 2.45) is 0 Å². The van der Waals surface area contributed by atoms with E-state index < -0.39 is 0 Å². The van der Waals surface area contributed by atoms with E-state index in [0.29, 0.717) is 22.3 Å². The Balaban J connectivity index is 2.14. The Hall–Kier alpha value is -2.32. The van der Waals surface area contributed by atoms with Crippen LogP contribution in [-0.4, -0.2) is 36.3 Å². The maximum absolute atomic E-state index is 12.0. The number of aliphatic hydroxyl groups excluding tert-OH is 1. The van der Waals surface area contributed by atoms with Crippen molar-refractivity contribution < 1.29 is 19.4 Å². The van der Waals surface area contributed by atoms with Crippen LogP contribution in [0.2, 0.25) is 0 Å². The number of aromatic nitrogens is 1. The first-order valence-electron chi connectivity index (χ1n) is 6.08. The van der Waals surface area contributed by atoms with Crippen LogP contribution in [0.15, 0.2) is 23.6 Å². The summed E-state index contributed by atoms with van der Waals surface area (Å²) in [6.07, 6.45) is 0. The number of aliphatic hydroxyl groups is 1. The van der Waals surface area contributed by atoms with Crippen LogP contribution >= 0.6 is 11.3 Å². The number of nitrogens with two attached hydrogens (primary N) is 1. The fourth-order valence-corrected chi connectivity index (χ4v) is 2.15. The van der Waals surface area contributed by atoms with Gasteiger partial charge in [0.1, 0.15) is 12.3 Å². The fourth-order valence-electron chi connectivity index (χ4n) is 1.61. The molecule has 0 saturated heterocycles. The number of benzene rings is 1. The van der Waals surface area contributed by atoms with Crippen LogP contribution in [0.1, 0.15) is 10.5 Å². The van der Waals surface area contributed by atoms with E-state index in [0.717, 1.165) is 0 Å². The first kappa shape index (κ1) is 15.1. The van der Waals surface area contributed by atoms with Crippen molar-refractivity contribution in [1.29, 1.82) is 0 Å². The molecule has 0 aliphatic heterocycles. The highest BCUT2D eigenvalue weighted by atomic mass is 32.1. The SMILES string of the molecule is COc1ccc(NC(=O)c2csc(N)n2)cc1OCCO. The van der Waals surface area contributed by atoms with Gasteiger partial charge in [0.25, 0.3) is 5.91 Å². The molecule has 1 aromatic carbocycles. The summed E-state index contributed by atoms with van der Waals surface area (Å²) in [6.45, 7) is 0.0220. The largest absolute Gasteiger partial charge is 0.493 e. The van der Waals surface area contributed by atoms with Gasteiger partial charge in [-0.3, -0.25) is 4.79 Å². The zero-order valence-corrected chi connectivity index (χ0v) is 12.1. The molecule has 0 radical (unpaired) electrons. The maximum Gasteiger partial charge on any atom is 0.275 e. The highest BCUT2D eigenvalue weighted by Gasteiger charge is 2.12. The van der Waals surface area contributed by atoms with E-state index in [2.05, 4.69) is 10.3 Å². The molecule has 0 bridgehead atoms. The molecule has 8 heteroatoms. The molecule has 112 valence electrons. The third kappa shape index (κ3) is 3.83. The van der Waals surface area contributed by atoms with Crippen LogP contribution in [0, 0.1) is 0 Å². The van der Waals surface area contributed by atoms with Crippen molar-refractivity contribution in [3.8, 4) is 11.5 Å². The van der Waals surface area contributed by atoms with E-state index in [9.17, 15) is 4.79 Å². The molecule has 0 spiro atoms. The van der Waals surface area contributed by atoms with Gasteiger partial charge in [-0.1, -0.05) is 0 Å². The van der Waals surface area contributed by atoms with Crippen molar-refractivity contribution in [2.45, 2.75) is 0 Å². The summed E-state index contributed by atoms with van der Waals surface area (Å²) in [5, 5.41) is 13.4. The zero-order valence-electron chi connectivity index (χ0n) is 11.3. The molecule has 4 N–H and O–H groups in total. The summed E-state index contributed by atoms with van der Waals surface area (Å²) in [5.74, 6) is 0.586. The standard InChI is InChI=1S/C13H15N3O4S/c1-19-10-3-2-8(6-11(10)20-5-4-17)15-12(18)9-7-21-13(14)16-9/h2-3,6-7,17H,4-5H2,1H3,(H2,14,16)(H,15,18). The second-order valence-corrected chi connectivity index (χ2v) is 4.85. The summed E-state index contributed by atoms with van der Waals surface area (Å²) in [7, 11) is 1.51. The maximum atomic E-state index is 12.0. The van der Waals surface area contributed by atoms with E-state index in [1.807, 2.05) is 0 Å². The number of amides is 1. The molecule has 0 atom stereocenters. The smallest absolute Gasteiger partial charge is 0.275 e. The van der Waals surface area contributed by atoms with Gasteiger partial charge in [0.2, 0.25) is 0 Å². The van der Waals surface area contributed by atoms with Gasteiger partial charge in [-0.05, 0) is 12.1 Å². The first-order chi connectivity index (χ1) is 10.1. The van der Waals surface area contributed by atoms with Gasteiger partial charge in [-0.2, -0.15) is 0 Å². The molecule has 0 fully saturated rings. The molecule has 2 aromatic rings. The van der Waals surface area contributed by atoms with Gasteiger partial charge in [0.05, 0.1) is 13.7 Å².